The van der Waals surface area contributed by atoms with Gasteiger partial charge in [-0.05, 0) is 26.2 Å². The lowest BCUT2D eigenvalue weighted by Crippen LogP contribution is -2.44. The van der Waals surface area contributed by atoms with E-state index < -0.39 is 6.10 Å². The van der Waals surface area contributed by atoms with Crippen LogP contribution in [0, 0.1) is 0 Å². The molecule has 0 bridgehead atoms. The van der Waals surface area contributed by atoms with E-state index in [1.54, 1.807) is 24.5 Å². The first-order valence-corrected chi connectivity index (χ1v) is 6.24. The largest absolute Gasteiger partial charge is 0.389 e. The molecule has 1 fully saturated rings. The Bertz CT molecular complexity index is 424. The number of aliphatic hydroxyl groups excluding tert-OH is 1. The summed E-state index contributed by atoms with van der Waals surface area (Å²) in [6.07, 6.45) is 2.18. The van der Waals surface area contributed by atoms with Gasteiger partial charge in [0.25, 0.3) is 5.91 Å². The average molecular weight is 265 g/mol. The number of nitrogens with zero attached hydrogens (tertiary/aromatic N) is 2. The predicted octanol–water partition coefficient (Wildman–Crippen LogP) is -0.499. The molecule has 1 aromatic heterocycles. The Morgan fingerprint density at radius 3 is 2.79 bits per heavy atom. The molecule has 3 atom stereocenters. The molecule has 1 aliphatic rings. The van der Waals surface area contributed by atoms with Crippen LogP contribution in [-0.2, 0) is 4.74 Å². The fourth-order valence-corrected chi connectivity index (χ4v) is 2.10. The van der Waals surface area contributed by atoms with Crippen LogP contribution in [0.25, 0.3) is 0 Å². The molecule has 2 N–H and O–H groups in total. The van der Waals surface area contributed by atoms with Crippen LogP contribution in [0.4, 0.5) is 0 Å². The van der Waals surface area contributed by atoms with Gasteiger partial charge in [0.15, 0.2) is 0 Å². The molecule has 0 radical (unpaired) electrons. The first kappa shape index (κ1) is 13.9. The van der Waals surface area contributed by atoms with Crippen LogP contribution in [0.15, 0.2) is 24.5 Å². The van der Waals surface area contributed by atoms with Crippen molar-refractivity contribution < 1.29 is 14.6 Å². The monoisotopic (exact) mass is 265 g/mol. The van der Waals surface area contributed by atoms with E-state index in [4.69, 9.17) is 4.74 Å². The van der Waals surface area contributed by atoms with Gasteiger partial charge in [0.1, 0.15) is 6.10 Å². The molecule has 1 aromatic rings. The van der Waals surface area contributed by atoms with Gasteiger partial charge in [0.05, 0.1) is 18.8 Å². The Balaban J connectivity index is 1.85. The van der Waals surface area contributed by atoms with Crippen molar-refractivity contribution in [1.82, 2.24) is 15.2 Å². The van der Waals surface area contributed by atoms with E-state index in [-0.39, 0.29) is 18.1 Å². The summed E-state index contributed by atoms with van der Waals surface area (Å²) in [4.78, 5) is 17.6. The van der Waals surface area contributed by atoms with Gasteiger partial charge >= 0.3 is 0 Å². The zero-order chi connectivity index (χ0) is 13.8. The zero-order valence-electron chi connectivity index (χ0n) is 11.1. The SMILES string of the molecule is CN(C)C1COC(CNC(=O)c2ccncc2)C1O. The average Bonchev–Trinajstić information content (AvgIpc) is 2.78. The molecule has 1 aliphatic heterocycles. The van der Waals surface area contributed by atoms with Crippen LogP contribution >= 0.6 is 0 Å². The minimum atomic E-state index is -0.590. The summed E-state index contributed by atoms with van der Waals surface area (Å²) < 4.78 is 5.51. The van der Waals surface area contributed by atoms with Gasteiger partial charge in [-0.1, -0.05) is 0 Å². The summed E-state index contributed by atoms with van der Waals surface area (Å²) in [5.41, 5.74) is 0.548. The Morgan fingerprint density at radius 1 is 1.53 bits per heavy atom. The number of amides is 1. The van der Waals surface area contributed by atoms with Crippen molar-refractivity contribution in [3.8, 4) is 0 Å². The molecular weight excluding hydrogens is 246 g/mol. The van der Waals surface area contributed by atoms with Gasteiger partial charge in [-0.2, -0.15) is 0 Å². The second kappa shape index (κ2) is 6.10. The number of ether oxygens (including phenoxy) is 1. The van der Waals surface area contributed by atoms with E-state index in [9.17, 15) is 9.90 Å². The maximum absolute atomic E-state index is 11.8. The molecule has 1 amide bonds. The molecule has 0 spiro atoms. The second-order valence-corrected chi connectivity index (χ2v) is 4.84. The number of nitrogens with one attached hydrogen (secondary N) is 1. The molecule has 0 aliphatic carbocycles. The third kappa shape index (κ3) is 3.28. The Kier molecular flexibility index (Phi) is 4.47. The lowest BCUT2D eigenvalue weighted by atomic mass is 10.1. The molecular formula is C13H19N3O3. The van der Waals surface area contributed by atoms with Crippen LogP contribution in [-0.4, -0.2) is 66.4 Å². The Labute approximate surface area is 112 Å². The number of carbonyl (C=O) groups excluding carboxylic acids is 1. The maximum atomic E-state index is 11.8. The number of pyridine rings is 1. The summed E-state index contributed by atoms with van der Waals surface area (Å²) in [5, 5.41) is 12.8. The van der Waals surface area contributed by atoms with Gasteiger partial charge in [-0.25, -0.2) is 0 Å². The Morgan fingerprint density at radius 2 is 2.21 bits per heavy atom. The minimum Gasteiger partial charge on any atom is -0.389 e. The van der Waals surface area contributed by atoms with E-state index in [0.29, 0.717) is 18.7 Å². The molecule has 2 heterocycles. The summed E-state index contributed by atoms with van der Waals surface area (Å²) in [6.45, 7) is 0.774. The van der Waals surface area contributed by atoms with Crippen LogP contribution in [0.2, 0.25) is 0 Å². The van der Waals surface area contributed by atoms with Gasteiger partial charge < -0.3 is 20.1 Å². The highest BCUT2D eigenvalue weighted by molar-refractivity contribution is 5.93. The predicted molar refractivity (Wildman–Crippen MR) is 69.8 cm³/mol. The molecule has 2 rings (SSSR count). The Hall–Kier alpha value is -1.50. The first-order valence-electron chi connectivity index (χ1n) is 6.24. The van der Waals surface area contributed by atoms with Crippen molar-refractivity contribution in [1.29, 1.82) is 0 Å². The fourth-order valence-electron chi connectivity index (χ4n) is 2.10. The third-order valence-corrected chi connectivity index (χ3v) is 3.33. The maximum Gasteiger partial charge on any atom is 0.251 e. The van der Waals surface area contributed by atoms with Gasteiger partial charge in [-0.3, -0.25) is 9.78 Å². The highest BCUT2D eigenvalue weighted by Gasteiger charge is 2.37. The summed E-state index contributed by atoms with van der Waals surface area (Å²) in [7, 11) is 3.80. The third-order valence-electron chi connectivity index (χ3n) is 3.33. The summed E-state index contributed by atoms with van der Waals surface area (Å²) in [5.74, 6) is -0.188. The molecule has 6 nitrogen and oxygen atoms in total. The summed E-state index contributed by atoms with van der Waals surface area (Å²) >= 11 is 0. The molecule has 19 heavy (non-hydrogen) atoms. The molecule has 0 saturated carbocycles. The van der Waals surface area contributed by atoms with Crippen molar-refractivity contribution >= 4 is 5.91 Å². The smallest absolute Gasteiger partial charge is 0.251 e. The van der Waals surface area contributed by atoms with Gasteiger partial charge in [0, 0.05) is 24.5 Å². The lowest BCUT2D eigenvalue weighted by molar-refractivity contribution is 0.0361. The summed E-state index contributed by atoms with van der Waals surface area (Å²) in [6, 6.07) is 3.26. The zero-order valence-corrected chi connectivity index (χ0v) is 11.1. The van der Waals surface area contributed by atoms with Gasteiger partial charge in [-0.15, -0.1) is 0 Å². The van der Waals surface area contributed by atoms with Crippen molar-refractivity contribution in [3.63, 3.8) is 0 Å². The van der Waals surface area contributed by atoms with Crippen molar-refractivity contribution in [2.75, 3.05) is 27.2 Å². The molecule has 1 saturated heterocycles. The molecule has 6 heteroatoms. The van der Waals surface area contributed by atoms with E-state index in [1.165, 1.54) is 0 Å². The van der Waals surface area contributed by atoms with Crippen LogP contribution in [0.1, 0.15) is 10.4 Å². The van der Waals surface area contributed by atoms with E-state index in [1.807, 2.05) is 19.0 Å². The topological polar surface area (TPSA) is 74.7 Å². The van der Waals surface area contributed by atoms with E-state index >= 15 is 0 Å². The minimum absolute atomic E-state index is 0.0252. The van der Waals surface area contributed by atoms with Crippen LogP contribution in [0.5, 0.6) is 0 Å². The highest BCUT2D eigenvalue weighted by Crippen LogP contribution is 2.17. The standard InChI is InChI=1S/C13H19N3O3/c1-16(2)10-8-19-11(12(10)17)7-15-13(18)9-3-5-14-6-4-9/h3-6,10-12,17H,7-8H2,1-2H3,(H,15,18). The van der Waals surface area contributed by atoms with Crippen molar-refractivity contribution in [2.45, 2.75) is 18.2 Å². The van der Waals surface area contributed by atoms with Crippen molar-refractivity contribution in [3.05, 3.63) is 30.1 Å². The van der Waals surface area contributed by atoms with Crippen LogP contribution < -0.4 is 5.32 Å². The number of likely N-dealkylation sites (N-methyl/N-ethyl adjacent to an activating group) is 1. The lowest BCUT2D eigenvalue weighted by Gasteiger charge is -2.22. The number of rotatable bonds is 4. The number of hydrogen-bond donors (Lipinski definition) is 2. The fraction of sp³-hybridized carbons (Fsp3) is 0.538. The normalized spacial score (nSPS) is 26.6. The highest BCUT2D eigenvalue weighted by atomic mass is 16.5. The number of aliphatic hydroxyl groups is 1. The number of hydrogen-bond acceptors (Lipinski definition) is 5. The molecule has 104 valence electrons. The van der Waals surface area contributed by atoms with E-state index in [2.05, 4.69) is 10.3 Å². The van der Waals surface area contributed by atoms with Crippen molar-refractivity contribution in [2.24, 2.45) is 0 Å². The molecule has 0 aromatic carbocycles. The second-order valence-electron chi connectivity index (χ2n) is 4.84. The molecule has 3 unspecified atom stereocenters. The number of carbonyl (C=O) groups is 1. The van der Waals surface area contributed by atoms with Gasteiger partial charge in [0.2, 0.25) is 0 Å². The first-order chi connectivity index (χ1) is 9.09. The van der Waals surface area contributed by atoms with E-state index in [0.717, 1.165) is 0 Å². The van der Waals surface area contributed by atoms with Crippen LogP contribution in [0.3, 0.4) is 0 Å². The quantitative estimate of drug-likeness (QED) is 0.768. The number of aromatic nitrogens is 1.